The van der Waals surface area contributed by atoms with Crippen molar-refractivity contribution in [3.63, 3.8) is 0 Å². The molecule has 2 aromatic carbocycles. The smallest absolute Gasteiger partial charge is 0.311 e. The van der Waals surface area contributed by atoms with Crippen LogP contribution in [0.3, 0.4) is 0 Å². The third-order valence-corrected chi connectivity index (χ3v) is 3.70. The summed E-state index contributed by atoms with van der Waals surface area (Å²) in [6.45, 7) is 2.56. The minimum atomic E-state index is -0.951. The molecule has 0 heterocycles. The summed E-state index contributed by atoms with van der Waals surface area (Å²) in [4.78, 5) is 11.6. The van der Waals surface area contributed by atoms with E-state index in [1.54, 1.807) is 19.2 Å². The van der Waals surface area contributed by atoms with E-state index in [-0.39, 0.29) is 12.2 Å². The van der Waals surface area contributed by atoms with Crippen LogP contribution in [-0.2, 0) is 11.2 Å². The number of methoxy groups -OCH3 is 1. The van der Waals surface area contributed by atoms with E-state index in [0.717, 1.165) is 12.0 Å². The molecule has 1 atom stereocenters. The molecule has 5 heteroatoms. The van der Waals surface area contributed by atoms with E-state index in [1.165, 1.54) is 24.3 Å². The average Bonchev–Trinajstić information content (AvgIpc) is 2.58. The molecular formula is C19H21FO4. The van der Waals surface area contributed by atoms with Crippen LogP contribution in [0.1, 0.15) is 30.4 Å². The number of hydrogen-bond donors (Lipinski definition) is 1. The lowest BCUT2D eigenvalue weighted by molar-refractivity contribution is -0.138. The summed E-state index contributed by atoms with van der Waals surface area (Å²) < 4.78 is 24.0. The van der Waals surface area contributed by atoms with Crippen molar-refractivity contribution in [3.8, 4) is 11.5 Å². The van der Waals surface area contributed by atoms with Gasteiger partial charge in [0, 0.05) is 0 Å². The van der Waals surface area contributed by atoms with Gasteiger partial charge >= 0.3 is 5.97 Å². The van der Waals surface area contributed by atoms with Crippen LogP contribution < -0.4 is 9.47 Å². The molecule has 0 saturated heterocycles. The second-order valence-electron chi connectivity index (χ2n) is 5.48. The predicted octanol–water partition coefficient (Wildman–Crippen LogP) is 4.03. The first-order valence-electron chi connectivity index (χ1n) is 7.83. The highest BCUT2D eigenvalue weighted by Gasteiger charge is 2.21. The van der Waals surface area contributed by atoms with Gasteiger partial charge < -0.3 is 14.6 Å². The molecule has 0 aliphatic heterocycles. The van der Waals surface area contributed by atoms with Crippen molar-refractivity contribution in [2.45, 2.75) is 25.7 Å². The lowest BCUT2D eigenvalue weighted by Crippen LogP contribution is -2.14. The lowest BCUT2D eigenvalue weighted by Gasteiger charge is -2.15. The van der Waals surface area contributed by atoms with Gasteiger partial charge in [0.2, 0.25) is 0 Å². The number of benzene rings is 2. The number of carboxylic acid groups (broad SMARTS) is 1. The molecule has 0 aromatic heterocycles. The maximum atomic E-state index is 13.1. The molecule has 0 bridgehead atoms. The molecule has 1 N–H and O–H groups in total. The Bertz CT molecular complexity index is 682. The monoisotopic (exact) mass is 332 g/mol. The van der Waals surface area contributed by atoms with Crippen LogP contribution in [0.25, 0.3) is 0 Å². The van der Waals surface area contributed by atoms with Crippen molar-refractivity contribution in [1.82, 2.24) is 0 Å². The third kappa shape index (κ3) is 4.47. The molecule has 0 spiro atoms. The Kier molecular flexibility index (Phi) is 6.18. The van der Waals surface area contributed by atoms with Gasteiger partial charge in [0.05, 0.1) is 19.6 Å². The molecule has 2 rings (SSSR count). The van der Waals surface area contributed by atoms with Gasteiger partial charge in [-0.1, -0.05) is 25.1 Å². The largest absolute Gasteiger partial charge is 0.493 e. The number of carbonyl (C=O) groups is 1. The minimum Gasteiger partial charge on any atom is -0.493 e. The van der Waals surface area contributed by atoms with Gasteiger partial charge in [0.1, 0.15) is 5.82 Å². The quantitative estimate of drug-likeness (QED) is 0.793. The predicted molar refractivity (Wildman–Crippen MR) is 89.3 cm³/mol. The highest BCUT2D eigenvalue weighted by atomic mass is 19.1. The van der Waals surface area contributed by atoms with Gasteiger partial charge in [-0.25, -0.2) is 4.39 Å². The normalized spacial score (nSPS) is 11.8. The van der Waals surface area contributed by atoms with Crippen LogP contribution in [0.2, 0.25) is 0 Å². The van der Waals surface area contributed by atoms with E-state index in [9.17, 15) is 14.3 Å². The van der Waals surface area contributed by atoms with Gasteiger partial charge in [-0.15, -0.1) is 0 Å². The van der Waals surface area contributed by atoms with Gasteiger partial charge in [0.15, 0.2) is 11.5 Å². The standard InChI is InChI=1S/C19H21FO4/c1-3-10-24-18-12-13(4-9-17(18)23-2)11-16(19(21)22)14-5-7-15(20)8-6-14/h4-9,12,16H,3,10-11H2,1-2H3,(H,21,22). The first kappa shape index (κ1) is 17.8. The van der Waals surface area contributed by atoms with E-state index >= 15 is 0 Å². The molecule has 24 heavy (non-hydrogen) atoms. The zero-order valence-corrected chi connectivity index (χ0v) is 13.8. The van der Waals surface area contributed by atoms with Crippen molar-refractivity contribution in [2.75, 3.05) is 13.7 Å². The zero-order chi connectivity index (χ0) is 17.5. The van der Waals surface area contributed by atoms with E-state index in [1.807, 2.05) is 13.0 Å². The van der Waals surface area contributed by atoms with Crippen molar-refractivity contribution < 1.29 is 23.8 Å². The summed E-state index contributed by atoms with van der Waals surface area (Å²) in [7, 11) is 1.56. The summed E-state index contributed by atoms with van der Waals surface area (Å²) in [5.74, 6) is -0.880. The Balaban J connectivity index is 2.25. The van der Waals surface area contributed by atoms with Crippen molar-refractivity contribution in [1.29, 1.82) is 0 Å². The Labute approximate surface area is 140 Å². The summed E-state index contributed by atoms with van der Waals surface area (Å²) >= 11 is 0. The van der Waals surface area contributed by atoms with Crippen molar-refractivity contribution in [3.05, 3.63) is 59.4 Å². The number of ether oxygens (including phenoxy) is 2. The maximum Gasteiger partial charge on any atom is 0.311 e. The fraction of sp³-hybridized carbons (Fsp3) is 0.316. The highest BCUT2D eigenvalue weighted by molar-refractivity contribution is 5.76. The number of aliphatic carboxylic acids is 1. The molecule has 0 fully saturated rings. The first-order valence-corrected chi connectivity index (χ1v) is 7.83. The number of halogens is 1. The van der Waals surface area contributed by atoms with Crippen LogP contribution >= 0.6 is 0 Å². The summed E-state index contributed by atoms with van der Waals surface area (Å²) in [5.41, 5.74) is 1.38. The van der Waals surface area contributed by atoms with E-state index in [0.29, 0.717) is 23.7 Å². The summed E-state index contributed by atoms with van der Waals surface area (Å²) in [5, 5.41) is 9.52. The molecule has 0 aliphatic carbocycles. The Morgan fingerprint density at radius 1 is 1.17 bits per heavy atom. The zero-order valence-electron chi connectivity index (χ0n) is 13.8. The van der Waals surface area contributed by atoms with E-state index < -0.39 is 11.9 Å². The molecule has 0 aliphatic rings. The molecule has 0 radical (unpaired) electrons. The van der Waals surface area contributed by atoms with Gasteiger partial charge in [-0.3, -0.25) is 4.79 Å². The van der Waals surface area contributed by atoms with Crippen LogP contribution in [0.5, 0.6) is 11.5 Å². The second-order valence-corrected chi connectivity index (χ2v) is 5.48. The fourth-order valence-corrected chi connectivity index (χ4v) is 2.45. The number of hydrogen-bond acceptors (Lipinski definition) is 3. The van der Waals surface area contributed by atoms with Crippen LogP contribution in [-0.4, -0.2) is 24.8 Å². The number of rotatable bonds is 8. The average molecular weight is 332 g/mol. The Morgan fingerprint density at radius 2 is 1.88 bits per heavy atom. The van der Waals surface area contributed by atoms with Gasteiger partial charge in [-0.05, 0) is 48.2 Å². The van der Waals surface area contributed by atoms with Crippen LogP contribution in [0, 0.1) is 5.82 Å². The summed E-state index contributed by atoms with van der Waals surface area (Å²) in [6, 6.07) is 10.9. The lowest BCUT2D eigenvalue weighted by atomic mass is 9.92. The molecule has 128 valence electrons. The van der Waals surface area contributed by atoms with Gasteiger partial charge in [-0.2, -0.15) is 0 Å². The maximum absolute atomic E-state index is 13.1. The molecular weight excluding hydrogens is 311 g/mol. The Morgan fingerprint density at radius 3 is 2.46 bits per heavy atom. The summed E-state index contributed by atoms with van der Waals surface area (Å²) in [6.07, 6.45) is 1.15. The number of carboxylic acids is 1. The van der Waals surface area contributed by atoms with Crippen molar-refractivity contribution >= 4 is 5.97 Å². The highest BCUT2D eigenvalue weighted by Crippen LogP contribution is 2.31. The minimum absolute atomic E-state index is 0.285. The third-order valence-electron chi connectivity index (χ3n) is 3.70. The van der Waals surface area contributed by atoms with E-state index in [4.69, 9.17) is 9.47 Å². The molecule has 4 nitrogen and oxygen atoms in total. The van der Waals surface area contributed by atoms with Crippen molar-refractivity contribution in [2.24, 2.45) is 0 Å². The van der Waals surface area contributed by atoms with Gasteiger partial charge in [0.25, 0.3) is 0 Å². The molecule has 2 aromatic rings. The molecule has 0 amide bonds. The Hall–Kier alpha value is -2.56. The second kappa shape index (κ2) is 8.34. The van der Waals surface area contributed by atoms with E-state index in [2.05, 4.69) is 0 Å². The van der Waals surface area contributed by atoms with Crippen LogP contribution in [0.4, 0.5) is 4.39 Å². The SMILES string of the molecule is CCCOc1cc(CC(C(=O)O)c2ccc(F)cc2)ccc1OC. The molecule has 0 saturated carbocycles. The fourth-order valence-electron chi connectivity index (χ4n) is 2.45. The topological polar surface area (TPSA) is 55.8 Å². The first-order chi connectivity index (χ1) is 11.5. The molecule has 1 unspecified atom stereocenters. The van der Waals surface area contributed by atoms with Crippen LogP contribution in [0.15, 0.2) is 42.5 Å².